The van der Waals surface area contributed by atoms with Crippen molar-refractivity contribution in [3.63, 3.8) is 0 Å². The number of fused-ring (bicyclic) bond motifs is 1. The first-order chi connectivity index (χ1) is 14.2. The number of amides is 1. The number of hydrogen-bond acceptors (Lipinski definition) is 4. The van der Waals surface area contributed by atoms with Crippen LogP contribution in [0.5, 0.6) is 5.75 Å². The van der Waals surface area contributed by atoms with Crippen molar-refractivity contribution < 1.29 is 9.53 Å². The first-order valence-electron chi connectivity index (χ1n) is 10.1. The fourth-order valence-corrected chi connectivity index (χ4v) is 4.70. The van der Waals surface area contributed by atoms with Crippen LogP contribution in [0.3, 0.4) is 0 Å². The fourth-order valence-electron chi connectivity index (χ4n) is 3.83. The van der Waals surface area contributed by atoms with Gasteiger partial charge in [-0.25, -0.2) is 0 Å². The van der Waals surface area contributed by atoms with E-state index in [0.29, 0.717) is 18.7 Å². The third kappa shape index (κ3) is 4.69. The van der Waals surface area contributed by atoms with Crippen LogP contribution in [0.1, 0.15) is 39.3 Å². The molecule has 0 saturated carbocycles. The molecule has 4 nitrogen and oxygen atoms in total. The molecule has 1 aliphatic rings. The molecule has 29 heavy (non-hydrogen) atoms. The van der Waals surface area contributed by atoms with Crippen molar-refractivity contribution in [3.05, 3.63) is 87.6 Å². The van der Waals surface area contributed by atoms with Crippen molar-refractivity contribution in [3.8, 4) is 5.75 Å². The van der Waals surface area contributed by atoms with Gasteiger partial charge in [0.1, 0.15) is 5.75 Å². The summed E-state index contributed by atoms with van der Waals surface area (Å²) in [4.78, 5) is 16.5. The third-order valence-electron chi connectivity index (χ3n) is 5.36. The normalized spacial score (nSPS) is 14.8. The maximum atomic E-state index is 12.7. The molecule has 1 amide bonds. The molecule has 1 atom stereocenters. The van der Waals surface area contributed by atoms with E-state index in [0.717, 1.165) is 25.3 Å². The van der Waals surface area contributed by atoms with Crippen molar-refractivity contribution >= 4 is 17.2 Å². The number of ether oxygens (including phenoxy) is 1. The second-order valence-corrected chi connectivity index (χ2v) is 8.17. The Hall–Kier alpha value is -2.63. The van der Waals surface area contributed by atoms with E-state index >= 15 is 0 Å². The number of benzene rings is 2. The highest BCUT2D eigenvalue weighted by Crippen LogP contribution is 2.30. The van der Waals surface area contributed by atoms with Gasteiger partial charge in [-0.15, -0.1) is 11.3 Å². The molecule has 1 N–H and O–H groups in total. The average Bonchev–Trinajstić information content (AvgIpc) is 3.29. The Bertz CT molecular complexity index is 938. The smallest absolute Gasteiger partial charge is 0.251 e. The molecule has 2 heterocycles. The molecular weight excluding hydrogens is 380 g/mol. The van der Waals surface area contributed by atoms with Crippen LogP contribution in [0, 0.1) is 0 Å². The van der Waals surface area contributed by atoms with Gasteiger partial charge in [0.15, 0.2) is 0 Å². The molecule has 150 valence electrons. The highest BCUT2D eigenvalue weighted by Gasteiger charge is 2.26. The van der Waals surface area contributed by atoms with Gasteiger partial charge in [0, 0.05) is 30.1 Å². The second kappa shape index (κ2) is 9.25. The molecule has 1 aliphatic heterocycles. The monoisotopic (exact) mass is 406 g/mol. The molecule has 0 bridgehead atoms. The second-order valence-electron chi connectivity index (χ2n) is 7.19. The number of nitrogens with zero attached hydrogens (tertiary/aromatic N) is 1. The van der Waals surface area contributed by atoms with Gasteiger partial charge in [0.2, 0.25) is 0 Å². The summed E-state index contributed by atoms with van der Waals surface area (Å²) < 4.78 is 5.46. The molecule has 0 unspecified atom stereocenters. The summed E-state index contributed by atoms with van der Waals surface area (Å²) in [5.74, 6) is 0.736. The molecule has 0 aliphatic carbocycles. The molecule has 0 saturated heterocycles. The summed E-state index contributed by atoms with van der Waals surface area (Å²) in [7, 11) is 0. The first kappa shape index (κ1) is 19.7. The number of carbonyl (C=O) groups excluding carboxylic acids is 1. The van der Waals surface area contributed by atoms with Crippen LogP contribution in [0.4, 0.5) is 0 Å². The Morgan fingerprint density at radius 2 is 1.90 bits per heavy atom. The Kier molecular flexibility index (Phi) is 6.27. The van der Waals surface area contributed by atoms with E-state index < -0.39 is 0 Å². The summed E-state index contributed by atoms with van der Waals surface area (Å²) in [5, 5.41) is 5.25. The minimum absolute atomic E-state index is 0.0491. The Morgan fingerprint density at radius 1 is 1.10 bits per heavy atom. The molecule has 0 spiro atoms. The van der Waals surface area contributed by atoms with Crippen LogP contribution < -0.4 is 10.1 Å². The van der Waals surface area contributed by atoms with Gasteiger partial charge < -0.3 is 10.1 Å². The zero-order valence-corrected chi connectivity index (χ0v) is 17.5. The highest BCUT2D eigenvalue weighted by atomic mass is 32.1. The largest absolute Gasteiger partial charge is 0.494 e. The number of hydrogen-bond donors (Lipinski definition) is 1. The molecule has 0 fully saturated rings. The quantitative estimate of drug-likeness (QED) is 0.620. The van der Waals surface area contributed by atoms with E-state index in [1.165, 1.54) is 16.0 Å². The predicted octanol–water partition coefficient (Wildman–Crippen LogP) is 4.68. The molecule has 4 rings (SSSR count). The van der Waals surface area contributed by atoms with Crippen LogP contribution >= 0.6 is 11.3 Å². The maximum absolute atomic E-state index is 12.7. The first-order valence-corrected chi connectivity index (χ1v) is 11.0. The SMILES string of the molecule is CCOc1ccc(C(=O)NC[C@H](c2cccs2)N2CCc3ccccc3C2)cc1. The molecular formula is C24H26N2O2S. The van der Waals surface area contributed by atoms with Crippen molar-refractivity contribution in [2.75, 3.05) is 19.7 Å². The van der Waals surface area contributed by atoms with Gasteiger partial charge in [-0.05, 0) is 60.2 Å². The topological polar surface area (TPSA) is 41.6 Å². The van der Waals surface area contributed by atoms with Crippen LogP contribution in [0.2, 0.25) is 0 Å². The fraction of sp³-hybridized carbons (Fsp3) is 0.292. The Balaban J connectivity index is 1.45. The van der Waals surface area contributed by atoms with Crippen molar-refractivity contribution in [1.82, 2.24) is 10.2 Å². The summed E-state index contributed by atoms with van der Waals surface area (Å²) in [6.45, 7) is 5.07. The van der Waals surface area contributed by atoms with E-state index in [-0.39, 0.29) is 11.9 Å². The zero-order valence-electron chi connectivity index (χ0n) is 16.6. The van der Waals surface area contributed by atoms with Crippen molar-refractivity contribution in [2.24, 2.45) is 0 Å². The van der Waals surface area contributed by atoms with E-state index in [2.05, 4.69) is 52.0 Å². The van der Waals surface area contributed by atoms with Crippen LogP contribution in [0.15, 0.2) is 66.0 Å². The predicted molar refractivity (Wildman–Crippen MR) is 118 cm³/mol. The van der Waals surface area contributed by atoms with Gasteiger partial charge in [-0.1, -0.05) is 30.3 Å². The molecule has 5 heteroatoms. The number of rotatable bonds is 7. The summed E-state index contributed by atoms with van der Waals surface area (Å²) in [5.41, 5.74) is 3.48. The van der Waals surface area contributed by atoms with E-state index in [9.17, 15) is 4.79 Å². The third-order valence-corrected chi connectivity index (χ3v) is 6.33. The summed E-state index contributed by atoms with van der Waals surface area (Å²) in [6, 6.07) is 20.4. The maximum Gasteiger partial charge on any atom is 0.251 e. The highest BCUT2D eigenvalue weighted by molar-refractivity contribution is 7.10. The molecule has 1 aromatic heterocycles. The van der Waals surface area contributed by atoms with Crippen LogP contribution in [-0.4, -0.2) is 30.5 Å². The number of nitrogens with one attached hydrogen (secondary N) is 1. The van der Waals surface area contributed by atoms with Gasteiger partial charge in [0.05, 0.1) is 12.6 Å². The molecule has 0 radical (unpaired) electrons. The van der Waals surface area contributed by atoms with Gasteiger partial charge in [0.25, 0.3) is 5.91 Å². The lowest BCUT2D eigenvalue weighted by Gasteiger charge is -2.35. The van der Waals surface area contributed by atoms with Crippen LogP contribution in [0.25, 0.3) is 0 Å². The van der Waals surface area contributed by atoms with Gasteiger partial charge in [-0.2, -0.15) is 0 Å². The minimum Gasteiger partial charge on any atom is -0.494 e. The summed E-state index contributed by atoms with van der Waals surface area (Å²) >= 11 is 1.75. The van der Waals surface area contributed by atoms with Gasteiger partial charge in [-0.3, -0.25) is 9.69 Å². The zero-order chi connectivity index (χ0) is 20.1. The Labute approximate surface area is 176 Å². The van der Waals surface area contributed by atoms with E-state index in [4.69, 9.17) is 4.74 Å². The molecule has 3 aromatic rings. The Morgan fingerprint density at radius 3 is 2.62 bits per heavy atom. The van der Waals surface area contributed by atoms with Crippen molar-refractivity contribution in [1.29, 1.82) is 0 Å². The van der Waals surface area contributed by atoms with E-state index in [1.54, 1.807) is 11.3 Å². The van der Waals surface area contributed by atoms with E-state index in [1.807, 2.05) is 31.2 Å². The van der Waals surface area contributed by atoms with Gasteiger partial charge >= 0.3 is 0 Å². The summed E-state index contributed by atoms with van der Waals surface area (Å²) in [6.07, 6.45) is 1.05. The lowest BCUT2D eigenvalue weighted by molar-refractivity contribution is 0.0928. The lowest BCUT2D eigenvalue weighted by Crippen LogP contribution is -2.40. The van der Waals surface area contributed by atoms with Crippen LogP contribution in [-0.2, 0) is 13.0 Å². The number of thiophene rings is 1. The van der Waals surface area contributed by atoms with Crippen molar-refractivity contribution in [2.45, 2.75) is 25.9 Å². The number of carbonyl (C=O) groups is 1. The standard InChI is InChI=1S/C24H26N2O2S/c1-2-28-21-11-9-19(10-12-21)24(27)25-16-22(23-8-5-15-29-23)26-14-13-18-6-3-4-7-20(18)17-26/h3-12,15,22H,2,13-14,16-17H2,1H3,(H,25,27)/t22-/m1/s1. The molecule has 2 aromatic carbocycles. The minimum atomic E-state index is -0.0491. The lowest BCUT2D eigenvalue weighted by atomic mass is 9.98. The average molecular weight is 407 g/mol.